The molecule has 4 nitrogen and oxygen atoms in total. The van der Waals surface area contributed by atoms with E-state index in [1.807, 2.05) is 19.2 Å². The van der Waals surface area contributed by atoms with Crippen LogP contribution in [-0.4, -0.2) is 21.3 Å². The maximum absolute atomic E-state index is 4.23. The van der Waals surface area contributed by atoms with Crippen LogP contribution < -0.4 is 5.32 Å². The van der Waals surface area contributed by atoms with Gasteiger partial charge in [0.15, 0.2) is 5.82 Å². The number of aromatic nitrogens is 3. The van der Waals surface area contributed by atoms with Gasteiger partial charge in [-0.3, -0.25) is 4.68 Å². The van der Waals surface area contributed by atoms with E-state index in [2.05, 4.69) is 43.5 Å². The Bertz CT molecular complexity index is 481. The average molecular weight is 295 g/mol. The summed E-state index contributed by atoms with van der Waals surface area (Å²) in [6, 6.07) is 8.22. The first-order chi connectivity index (χ1) is 8.25. The van der Waals surface area contributed by atoms with Gasteiger partial charge >= 0.3 is 0 Å². The molecule has 1 aromatic carbocycles. The Morgan fingerprint density at radius 1 is 1.35 bits per heavy atom. The number of nitrogens with one attached hydrogen (secondary N) is 1. The van der Waals surface area contributed by atoms with Crippen LogP contribution in [0.5, 0.6) is 0 Å². The SMILES string of the molecule is Cn1cnc(CCNCc2ccccc2Br)n1. The van der Waals surface area contributed by atoms with Crippen molar-refractivity contribution in [2.45, 2.75) is 13.0 Å². The topological polar surface area (TPSA) is 42.7 Å². The molecule has 0 aliphatic rings. The first-order valence-corrected chi connectivity index (χ1v) is 6.33. The van der Waals surface area contributed by atoms with E-state index < -0.39 is 0 Å². The molecule has 1 aromatic heterocycles. The largest absolute Gasteiger partial charge is 0.312 e. The van der Waals surface area contributed by atoms with Crippen LogP contribution in [0.3, 0.4) is 0 Å². The van der Waals surface area contributed by atoms with Crippen LogP contribution in [0, 0.1) is 0 Å². The van der Waals surface area contributed by atoms with Crippen molar-refractivity contribution in [3.63, 3.8) is 0 Å². The van der Waals surface area contributed by atoms with E-state index >= 15 is 0 Å². The summed E-state index contributed by atoms with van der Waals surface area (Å²) < 4.78 is 2.87. The highest BCUT2D eigenvalue weighted by atomic mass is 79.9. The highest BCUT2D eigenvalue weighted by Crippen LogP contribution is 2.15. The minimum Gasteiger partial charge on any atom is -0.312 e. The summed E-state index contributed by atoms with van der Waals surface area (Å²) in [5.41, 5.74) is 1.27. The lowest BCUT2D eigenvalue weighted by Gasteiger charge is -2.05. The first-order valence-electron chi connectivity index (χ1n) is 5.54. The maximum atomic E-state index is 4.23. The van der Waals surface area contributed by atoms with Gasteiger partial charge in [0, 0.05) is 31.0 Å². The standard InChI is InChI=1S/C12H15BrN4/c1-17-9-15-12(16-17)6-7-14-8-10-4-2-3-5-11(10)13/h2-5,9,14H,6-8H2,1H3. The van der Waals surface area contributed by atoms with Crippen molar-refractivity contribution >= 4 is 15.9 Å². The number of nitrogens with zero attached hydrogens (tertiary/aromatic N) is 3. The van der Waals surface area contributed by atoms with Crippen molar-refractivity contribution in [3.8, 4) is 0 Å². The maximum Gasteiger partial charge on any atom is 0.151 e. The molecule has 2 rings (SSSR count). The molecule has 0 unspecified atom stereocenters. The van der Waals surface area contributed by atoms with E-state index in [0.717, 1.165) is 29.8 Å². The molecule has 0 saturated carbocycles. The summed E-state index contributed by atoms with van der Waals surface area (Å²) in [6.07, 6.45) is 2.58. The van der Waals surface area contributed by atoms with Gasteiger partial charge in [0.25, 0.3) is 0 Å². The molecular formula is C12H15BrN4. The van der Waals surface area contributed by atoms with E-state index in [4.69, 9.17) is 0 Å². The van der Waals surface area contributed by atoms with Gasteiger partial charge in [0.1, 0.15) is 6.33 Å². The molecule has 0 radical (unpaired) electrons. The van der Waals surface area contributed by atoms with Crippen LogP contribution >= 0.6 is 15.9 Å². The lowest BCUT2D eigenvalue weighted by molar-refractivity contribution is 0.660. The number of rotatable bonds is 5. The third-order valence-electron chi connectivity index (χ3n) is 2.45. The minimum absolute atomic E-state index is 0.852. The van der Waals surface area contributed by atoms with Gasteiger partial charge < -0.3 is 5.32 Å². The molecule has 0 fully saturated rings. The van der Waals surface area contributed by atoms with Crippen molar-refractivity contribution in [2.24, 2.45) is 7.05 Å². The summed E-state index contributed by atoms with van der Waals surface area (Å²) in [5, 5.41) is 7.61. The fourth-order valence-electron chi connectivity index (χ4n) is 1.56. The predicted molar refractivity (Wildman–Crippen MR) is 70.6 cm³/mol. The second-order valence-electron chi connectivity index (χ2n) is 3.85. The number of aryl methyl sites for hydroxylation is 1. The molecule has 0 saturated heterocycles. The normalized spacial score (nSPS) is 10.7. The van der Waals surface area contributed by atoms with Gasteiger partial charge in [0.05, 0.1) is 0 Å². The Labute approximate surface area is 109 Å². The van der Waals surface area contributed by atoms with Gasteiger partial charge in [-0.1, -0.05) is 34.1 Å². The van der Waals surface area contributed by atoms with E-state index in [9.17, 15) is 0 Å². The van der Waals surface area contributed by atoms with Crippen molar-refractivity contribution < 1.29 is 0 Å². The second kappa shape index (κ2) is 5.93. The molecule has 0 spiro atoms. The number of halogens is 1. The van der Waals surface area contributed by atoms with E-state index in [1.54, 1.807) is 11.0 Å². The quantitative estimate of drug-likeness (QED) is 0.857. The van der Waals surface area contributed by atoms with E-state index in [0.29, 0.717) is 0 Å². The fraction of sp³-hybridized carbons (Fsp3) is 0.333. The third-order valence-corrected chi connectivity index (χ3v) is 3.22. The molecule has 0 atom stereocenters. The van der Waals surface area contributed by atoms with Crippen molar-refractivity contribution in [3.05, 3.63) is 46.5 Å². The van der Waals surface area contributed by atoms with Crippen LogP contribution in [-0.2, 0) is 20.0 Å². The van der Waals surface area contributed by atoms with E-state index in [1.165, 1.54) is 5.56 Å². The highest BCUT2D eigenvalue weighted by Gasteiger charge is 2.00. The summed E-state index contributed by atoms with van der Waals surface area (Å²) in [4.78, 5) is 4.18. The average Bonchev–Trinajstić information content (AvgIpc) is 2.73. The summed E-state index contributed by atoms with van der Waals surface area (Å²) in [7, 11) is 1.88. The molecule has 0 aliphatic heterocycles. The Morgan fingerprint density at radius 2 is 2.18 bits per heavy atom. The van der Waals surface area contributed by atoms with Gasteiger partial charge in [-0.2, -0.15) is 5.10 Å². The third kappa shape index (κ3) is 3.64. The molecular weight excluding hydrogens is 280 g/mol. The molecule has 0 amide bonds. The Hall–Kier alpha value is -1.20. The number of hydrogen-bond donors (Lipinski definition) is 1. The Kier molecular flexibility index (Phi) is 4.28. The molecule has 5 heteroatoms. The summed E-state index contributed by atoms with van der Waals surface area (Å²) in [5.74, 6) is 0.882. The highest BCUT2D eigenvalue weighted by molar-refractivity contribution is 9.10. The van der Waals surface area contributed by atoms with Gasteiger partial charge in [-0.15, -0.1) is 0 Å². The molecule has 2 aromatic rings. The molecule has 1 N–H and O–H groups in total. The summed E-state index contributed by atoms with van der Waals surface area (Å²) in [6.45, 7) is 1.74. The van der Waals surface area contributed by atoms with Crippen LogP contribution in [0.15, 0.2) is 35.1 Å². The van der Waals surface area contributed by atoms with Crippen LogP contribution in [0.25, 0.3) is 0 Å². The minimum atomic E-state index is 0.852. The molecule has 0 bridgehead atoms. The fourth-order valence-corrected chi connectivity index (χ4v) is 1.99. The second-order valence-corrected chi connectivity index (χ2v) is 4.71. The van der Waals surface area contributed by atoms with Gasteiger partial charge in [0.2, 0.25) is 0 Å². The number of benzene rings is 1. The van der Waals surface area contributed by atoms with Crippen LogP contribution in [0.4, 0.5) is 0 Å². The molecule has 90 valence electrons. The Morgan fingerprint density at radius 3 is 2.88 bits per heavy atom. The van der Waals surface area contributed by atoms with Gasteiger partial charge in [-0.05, 0) is 11.6 Å². The molecule has 17 heavy (non-hydrogen) atoms. The molecule has 0 aliphatic carbocycles. The van der Waals surface area contributed by atoms with Gasteiger partial charge in [-0.25, -0.2) is 4.98 Å². The van der Waals surface area contributed by atoms with Crippen LogP contribution in [0.2, 0.25) is 0 Å². The smallest absolute Gasteiger partial charge is 0.151 e. The monoisotopic (exact) mass is 294 g/mol. The van der Waals surface area contributed by atoms with Crippen molar-refractivity contribution in [1.82, 2.24) is 20.1 Å². The number of hydrogen-bond acceptors (Lipinski definition) is 3. The molecule has 1 heterocycles. The summed E-state index contributed by atoms with van der Waals surface area (Å²) >= 11 is 3.53. The van der Waals surface area contributed by atoms with Crippen LogP contribution in [0.1, 0.15) is 11.4 Å². The predicted octanol–water partition coefficient (Wildman–Crippen LogP) is 1.91. The zero-order valence-corrected chi connectivity index (χ0v) is 11.3. The van der Waals surface area contributed by atoms with E-state index in [-0.39, 0.29) is 0 Å². The lowest BCUT2D eigenvalue weighted by atomic mass is 10.2. The Balaban J connectivity index is 1.75. The van der Waals surface area contributed by atoms with Crippen molar-refractivity contribution in [2.75, 3.05) is 6.54 Å². The zero-order valence-electron chi connectivity index (χ0n) is 9.73. The first kappa shape index (κ1) is 12.3. The zero-order chi connectivity index (χ0) is 12.1. The van der Waals surface area contributed by atoms with Crippen molar-refractivity contribution in [1.29, 1.82) is 0 Å². The lowest BCUT2D eigenvalue weighted by Crippen LogP contribution is -2.17.